The first-order chi connectivity index (χ1) is 19.5. The first kappa shape index (κ1) is 28.4. The molecule has 0 atom stereocenters. The van der Waals surface area contributed by atoms with Gasteiger partial charge in [-0.15, -0.1) is 0 Å². The van der Waals surface area contributed by atoms with Crippen molar-refractivity contribution in [3.8, 4) is 5.69 Å². The summed E-state index contributed by atoms with van der Waals surface area (Å²) in [5.74, 6) is 0. The number of aromatic nitrogens is 2. The standard InChI is InChI=1S/C33H39F3N4/c34-33(35,36)28-12-9-15-30(21-28)40-25-27(31-16-5-6-17-32(31)40)24-39(23-26-11-10-18-37-22-26)20-8-2-7-19-38-29-13-3-1-4-14-29/h5-6,9-12,15-18,21-22,25,29,38H,1-4,7-8,13-14,19-20,23-24H2. The highest BCUT2D eigenvalue weighted by Crippen LogP contribution is 2.32. The van der Waals surface area contributed by atoms with Gasteiger partial charge in [0.2, 0.25) is 0 Å². The van der Waals surface area contributed by atoms with Gasteiger partial charge in [0.1, 0.15) is 0 Å². The van der Waals surface area contributed by atoms with Crippen LogP contribution in [-0.2, 0) is 19.3 Å². The molecule has 5 rings (SSSR count). The summed E-state index contributed by atoms with van der Waals surface area (Å²) in [6.45, 7) is 3.51. The number of unbranched alkanes of at least 4 members (excludes halogenated alkanes) is 2. The van der Waals surface area contributed by atoms with Gasteiger partial charge in [0, 0.05) is 48.8 Å². The lowest BCUT2D eigenvalue weighted by molar-refractivity contribution is -0.137. The van der Waals surface area contributed by atoms with Gasteiger partial charge in [-0.2, -0.15) is 13.2 Å². The molecule has 0 saturated heterocycles. The number of halogens is 3. The van der Waals surface area contributed by atoms with Crippen molar-refractivity contribution >= 4 is 10.9 Å². The van der Waals surface area contributed by atoms with Crippen molar-refractivity contribution in [2.45, 2.75) is 76.7 Å². The van der Waals surface area contributed by atoms with Gasteiger partial charge in [-0.05, 0) is 80.2 Å². The Balaban J connectivity index is 1.30. The number of benzene rings is 2. The molecule has 0 radical (unpaired) electrons. The minimum atomic E-state index is -4.38. The summed E-state index contributed by atoms with van der Waals surface area (Å²) < 4.78 is 42.2. The highest BCUT2D eigenvalue weighted by atomic mass is 19.4. The molecule has 2 heterocycles. The Bertz CT molecular complexity index is 1340. The Labute approximate surface area is 235 Å². The fourth-order valence-electron chi connectivity index (χ4n) is 5.88. The van der Waals surface area contributed by atoms with Crippen LogP contribution in [0, 0.1) is 0 Å². The van der Waals surface area contributed by atoms with E-state index in [9.17, 15) is 13.2 Å². The fraction of sp³-hybridized carbons (Fsp3) is 0.424. The fourth-order valence-corrected chi connectivity index (χ4v) is 5.88. The van der Waals surface area contributed by atoms with Crippen molar-refractivity contribution in [3.05, 3.63) is 95.9 Å². The third-order valence-corrected chi connectivity index (χ3v) is 7.96. The lowest BCUT2D eigenvalue weighted by Crippen LogP contribution is -2.31. The minimum Gasteiger partial charge on any atom is -0.316 e. The lowest BCUT2D eigenvalue weighted by atomic mass is 9.95. The van der Waals surface area contributed by atoms with Crippen LogP contribution in [0.15, 0.2) is 79.3 Å². The Hall–Kier alpha value is -3.16. The van der Waals surface area contributed by atoms with Gasteiger partial charge in [-0.25, -0.2) is 0 Å². The van der Waals surface area contributed by atoms with Crippen LogP contribution in [0.25, 0.3) is 16.6 Å². The number of hydrogen-bond donors (Lipinski definition) is 1. The van der Waals surface area contributed by atoms with Crippen LogP contribution in [0.1, 0.15) is 68.1 Å². The van der Waals surface area contributed by atoms with Crippen molar-refractivity contribution in [1.29, 1.82) is 0 Å². The molecule has 1 N–H and O–H groups in total. The third kappa shape index (κ3) is 7.52. The molecule has 0 bridgehead atoms. The lowest BCUT2D eigenvalue weighted by Gasteiger charge is -2.23. The maximum Gasteiger partial charge on any atom is 0.416 e. The van der Waals surface area contributed by atoms with E-state index in [0.29, 0.717) is 18.3 Å². The summed E-state index contributed by atoms with van der Waals surface area (Å²) in [5, 5.41) is 4.81. The molecule has 1 saturated carbocycles. The van der Waals surface area contributed by atoms with E-state index in [1.165, 1.54) is 50.7 Å². The summed E-state index contributed by atoms with van der Waals surface area (Å²) >= 11 is 0. The zero-order chi connectivity index (χ0) is 27.8. The number of pyridine rings is 1. The predicted molar refractivity (Wildman–Crippen MR) is 155 cm³/mol. The van der Waals surface area contributed by atoms with Crippen LogP contribution in [0.3, 0.4) is 0 Å². The molecule has 0 unspecified atom stereocenters. The summed E-state index contributed by atoms with van der Waals surface area (Å²) in [7, 11) is 0. The molecule has 2 aromatic carbocycles. The number of rotatable bonds is 12. The summed E-state index contributed by atoms with van der Waals surface area (Å²) in [6, 6.07) is 18.3. The second kappa shape index (κ2) is 13.5. The van der Waals surface area contributed by atoms with Crippen LogP contribution < -0.4 is 5.32 Å². The monoisotopic (exact) mass is 548 g/mol. The zero-order valence-corrected chi connectivity index (χ0v) is 23.0. The molecule has 7 heteroatoms. The molecule has 0 spiro atoms. The van der Waals surface area contributed by atoms with Crippen molar-refractivity contribution in [1.82, 2.24) is 19.8 Å². The van der Waals surface area contributed by atoms with E-state index >= 15 is 0 Å². The second-order valence-electron chi connectivity index (χ2n) is 11.0. The van der Waals surface area contributed by atoms with Crippen LogP contribution in [0.5, 0.6) is 0 Å². The van der Waals surface area contributed by atoms with E-state index in [-0.39, 0.29) is 0 Å². The minimum absolute atomic E-state index is 0.515. The first-order valence-electron chi connectivity index (χ1n) is 14.6. The molecule has 1 aliphatic rings. The van der Waals surface area contributed by atoms with Crippen molar-refractivity contribution in [2.75, 3.05) is 13.1 Å². The molecule has 0 amide bonds. The molecule has 212 valence electrons. The predicted octanol–water partition coefficient (Wildman–Crippen LogP) is 8.14. The molecular weight excluding hydrogens is 509 g/mol. The smallest absolute Gasteiger partial charge is 0.316 e. The van der Waals surface area contributed by atoms with E-state index in [1.807, 2.05) is 41.2 Å². The van der Waals surface area contributed by atoms with Crippen LogP contribution in [0.4, 0.5) is 13.2 Å². The number of nitrogens with zero attached hydrogens (tertiary/aromatic N) is 3. The topological polar surface area (TPSA) is 33.1 Å². The van der Waals surface area contributed by atoms with Gasteiger partial charge in [0.05, 0.1) is 11.1 Å². The van der Waals surface area contributed by atoms with Gasteiger partial charge < -0.3 is 9.88 Å². The third-order valence-electron chi connectivity index (χ3n) is 7.96. The molecule has 0 aliphatic heterocycles. The molecule has 40 heavy (non-hydrogen) atoms. The van der Waals surface area contributed by atoms with Gasteiger partial charge in [0.15, 0.2) is 0 Å². The summed E-state index contributed by atoms with van der Waals surface area (Å²) in [4.78, 5) is 6.74. The first-order valence-corrected chi connectivity index (χ1v) is 14.6. The van der Waals surface area contributed by atoms with E-state index in [0.717, 1.165) is 60.6 Å². The molecule has 1 fully saturated rings. The molecule has 4 nitrogen and oxygen atoms in total. The van der Waals surface area contributed by atoms with Crippen molar-refractivity contribution < 1.29 is 13.2 Å². The average Bonchev–Trinajstić information content (AvgIpc) is 3.34. The number of nitrogens with one attached hydrogen (secondary N) is 1. The maximum atomic E-state index is 13.4. The summed E-state index contributed by atoms with van der Waals surface area (Å²) in [6.07, 6.45) is 11.5. The Kier molecular flexibility index (Phi) is 9.55. The summed E-state index contributed by atoms with van der Waals surface area (Å²) in [5.41, 5.74) is 3.05. The van der Waals surface area contributed by atoms with E-state index in [4.69, 9.17) is 0 Å². The number of fused-ring (bicyclic) bond motifs is 1. The number of para-hydroxylation sites is 1. The Morgan fingerprint density at radius 1 is 0.900 bits per heavy atom. The van der Waals surface area contributed by atoms with Gasteiger partial charge in [0.25, 0.3) is 0 Å². The largest absolute Gasteiger partial charge is 0.416 e. The quantitative estimate of drug-likeness (QED) is 0.181. The van der Waals surface area contributed by atoms with Gasteiger partial charge >= 0.3 is 6.18 Å². The molecular formula is C33H39F3N4. The van der Waals surface area contributed by atoms with E-state index in [2.05, 4.69) is 27.3 Å². The molecule has 1 aliphatic carbocycles. The second-order valence-corrected chi connectivity index (χ2v) is 11.0. The average molecular weight is 549 g/mol. The number of hydrogen-bond acceptors (Lipinski definition) is 3. The van der Waals surface area contributed by atoms with Gasteiger partial charge in [-0.3, -0.25) is 9.88 Å². The number of alkyl halides is 3. The zero-order valence-electron chi connectivity index (χ0n) is 23.0. The highest BCUT2D eigenvalue weighted by Gasteiger charge is 2.30. The van der Waals surface area contributed by atoms with Crippen molar-refractivity contribution in [3.63, 3.8) is 0 Å². The normalized spacial score (nSPS) is 14.8. The van der Waals surface area contributed by atoms with Crippen molar-refractivity contribution in [2.24, 2.45) is 0 Å². The van der Waals surface area contributed by atoms with Gasteiger partial charge in [-0.1, -0.05) is 56.0 Å². The van der Waals surface area contributed by atoms with Crippen LogP contribution in [-0.4, -0.2) is 33.6 Å². The van der Waals surface area contributed by atoms with Crippen LogP contribution in [0.2, 0.25) is 0 Å². The van der Waals surface area contributed by atoms with E-state index in [1.54, 1.807) is 12.3 Å². The highest BCUT2D eigenvalue weighted by molar-refractivity contribution is 5.85. The molecule has 4 aromatic rings. The van der Waals surface area contributed by atoms with Crippen LogP contribution >= 0.6 is 0 Å². The molecule has 2 aromatic heterocycles. The Morgan fingerprint density at radius 2 is 1.75 bits per heavy atom. The Morgan fingerprint density at radius 3 is 2.55 bits per heavy atom. The SMILES string of the molecule is FC(F)(F)c1cccc(-n2cc(CN(CCCCCNC3CCCCC3)Cc3cccnc3)c3ccccc32)c1. The van der Waals surface area contributed by atoms with E-state index < -0.39 is 11.7 Å². The maximum absolute atomic E-state index is 13.4.